The Bertz CT molecular complexity index is 1840. The fourth-order valence-corrected chi connectivity index (χ4v) is 6.82. The van der Waals surface area contributed by atoms with Crippen LogP contribution in [0.2, 0.25) is 5.02 Å². The van der Waals surface area contributed by atoms with Crippen molar-refractivity contribution in [1.29, 1.82) is 5.26 Å². The van der Waals surface area contributed by atoms with E-state index < -0.39 is 23.5 Å². The number of nitrogens with two attached hydrogens (primary N) is 1. The molecule has 4 heterocycles. The molecule has 7 rings (SSSR count). The number of nitrogens with zero attached hydrogens (tertiary/aromatic N) is 4. The van der Waals surface area contributed by atoms with Gasteiger partial charge in [0.2, 0.25) is 0 Å². The summed E-state index contributed by atoms with van der Waals surface area (Å²) in [5, 5.41) is 13.6. The molecule has 2 saturated heterocycles. The fourth-order valence-electron chi connectivity index (χ4n) is 5.58. The minimum atomic E-state index is -2.39. The van der Waals surface area contributed by atoms with E-state index in [4.69, 9.17) is 31.5 Å². The minimum Gasteiger partial charge on any atom is -0.467 e. The first-order valence-electron chi connectivity index (χ1n) is 14.6. The summed E-state index contributed by atoms with van der Waals surface area (Å²) in [6, 6.07) is 6.19. The molecular formula is C31H31ClF4N6O3S. The van der Waals surface area contributed by atoms with Crippen LogP contribution in [0.25, 0.3) is 32.1 Å². The van der Waals surface area contributed by atoms with E-state index in [1.807, 2.05) is 17.9 Å². The highest BCUT2D eigenvalue weighted by molar-refractivity contribution is 7.23. The van der Waals surface area contributed by atoms with Gasteiger partial charge in [-0.3, -0.25) is 0 Å². The molecule has 1 atom stereocenters. The number of aromatic nitrogens is 2. The number of ether oxygens (including phenoxy) is 3. The third kappa shape index (κ3) is 6.14. The summed E-state index contributed by atoms with van der Waals surface area (Å²) in [7, 11) is 1.40. The summed E-state index contributed by atoms with van der Waals surface area (Å²) in [6.45, 7) is 6.07. The van der Waals surface area contributed by atoms with E-state index >= 15 is 4.39 Å². The van der Waals surface area contributed by atoms with Gasteiger partial charge in [0, 0.05) is 54.9 Å². The average molecular weight is 679 g/mol. The molecule has 15 heteroatoms. The second kappa shape index (κ2) is 12.6. The number of hydrogen-bond acceptors (Lipinski definition) is 10. The van der Waals surface area contributed by atoms with E-state index in [-0.39, 0.29) is 60.3 Å². The van der Waals surface area contributed by atoms with E-state index in [0.717, 1.165) is 17.8 Å². The second-order valence-corrected chi connectivity index (χ2v) is 13.2. The van der Waals surface area contributed by atoms with Crippen LogP contribution in [0, 0.1) is 28.9 Å². The summed E-state index contributed by atoms with van der Waals surface area (Å²) < 4.78 is 71.5. The smallest absolute Gasteiger partial charge is 0.318 e. The number of rotatable bonds is 6. The summed E-state index contributed by atoms with van der Waals surface area (Å²) >= 11 is 7.56. The lowest BCUT2D eigenvalue weighted by molar-refractivity contribution is -0.0655. The van der Waals surface area contributed by atoms with E-state index in [9.17, 15) is 18.4 Å². The molecule has 1 unspecified atom stereocenters. The molecule has 9 nitrogen and oxygen atoms in total. The molecule has 3 aliphatic rings. The standard InChI is InChI=1S/C23H18ClF2N5O2S.C8H13F2NO/c1-32-23-29-19-12(22(30-23)31-5-2-7-33-8-6-31)9-14(24)17(18(19)26)11-3-4-15(25)20-16(11)13(10-27)21(28)34-20;1-7(4-12-5-7)11-3-6-2-8(6,9)10/h3-4,9H,2,5-8,28H2,1H3;6,11H,2-5H2,1H3. The van der Waals surface area contributed by atoms with Crippen LogP contribution in [-0.4, -0.2) is 74.6 Å². The number of nitriles is 1. The number of hydrogen-bond donors (Lipinski definition) is 2. The average Bonchev–Trinajstić information content (AvgIpc) is 3.61. The maximum atomic E-state index is 16.2. The van der Waals surface area contributed by atoms with Gasteiger partial charge in [-0.1, -0.05) is 17.7 Å². The van der Waals surface area contributed by atoms with Crippen LogP contribution in [0.5, 0.6) is 6.01 Å². The van der Waals surface area contributed by atoms with Crippen molar-refractivity contribution in [1.82, 2.24) is 15.3 Å². The summed E-state index contributed by atoms with van der Waals surface area (Å²) in [6.07, 6.45) is 0.836. The van der Waals surface area contributed by atoms with Crippen molar-refractivity contribution in [2.24, 2.45) is 5.92 Å². The molecule has 0 radical (unpaired) electrons. The van der Waals surface area contributed by atoms with Crippen LogP contribution < -0.4 is 20.7 Å². The SMILES string of the molecule is CC1(NCC2CC2(F)F)COC1.COc1nc(N2CCCOCC2)c2cc(Cl)c(-c3ccc(F)c4sc(N)c(C#N)c34)c(F)c2n1. The highest BCUT2D eigenvalue weighted by Crippen LogP contribution is 2.48. The molecule has 2 aromatic carbocycles. The number of methoxy groups -OCH3 is 1. The number of nitrogen functional groups attached to an aromatic ring is 1. The molecule has 244 valence electrons. The number of alkyl halides is 2. The zero-order valence-corrected chi connectivity index (χ0v) is 26.6. The zero-order chi connectivity index (χ0) is 32.8. The van der Waals surface area contributed by atoms with Gasteiger partial charge in [0.05, 0.1) is 47.8 Å². The van der Waals surface area contributed by atoms with Gasteiger partial charge in [-0.2, -0.15) is 15.2 Å². The summed E-state index contributed by atoms with van der Waals surface area (Å²) in [4.78, 5) is 10.7. The van der Waals surface area contributed by atoms with Crippen molar-refractivity contribution >= 4 is 54.7 Å². The number of halogens is 5. The number of benzene rings is 2. The predicted octanol–water partition coefficient (Wildman–Crippen LogP) is 6.15. The number of nitrogens with one attached hydrogen (secondary N) is 1. The van der Waals surface area contributed by atoms with Crippen molar-refractivity contribution < 1.29 is 31.8 Å². The van der Waals surface area contributed by atoms with Crippen LogP contribution in [0.15, 0.2) is 18.2 Å². The van der Waals surface area contributed by atoms with Gasteiger partial charge >= 0.3 is 6.01 Å². The van der Waals surface area contributed by atoms with Gasteiger partial charge < -0.3 is 30.2 Å². The molecule has 1 saturated carbocycles. The first-order chi connectivity index (χ1) is 22.0. The maximum absolute atomic E-state index is 16.2. The van der Waals surface area contributed by atoms with Crippen molar-refractivity contribution in [3.05, 3.63) is 40.4 Å². The Hall–Kier alpha value is -3.48. The van der Waals surface area contributed by atoms with Crippen LogP contribution in [-0.2, 0) is 9.47 Å². The topological polar surface area (TPSA) is 119 Å². The Morgan fingerprint density at radius 3 is 2.63 bits per heavy atom. The van der Waals surface area contributed by atoms with Crippen molar-refractivity contribution in [2.75, 3.05) is 63.8 Å². The molecule has 1 aliphatic carbocycles. The zero-order valence-electron chi connectivity index (χ0n) is 25.1. The first kappa shape index (κ1) is 32.5. The number of thiophene rings is 1. The van der Waals surface area contributed by atoms with E-state index in [1.165, 1.54) is 19.2 Å². The molecule has 2 aliphatic heterocycles. The monoisotopic (exact) mass is 678 g/mol. The Labute approximate surface area is 271 Å². The van der Waals surface area contributed by atoms with Gasteiger partial charge in [-0.25, -0.2) is 17.6 Å². The quantitative estimate of drug-likeness (QED) is 0.232. The molecule has 0 bridgehead atoms. The van der Waals surface area contributed by atoms with Crippen LogP contribution in [0.1, 0.15) is 25.3 Å². The Morgan fingerprint density at radius 2 is 1.98 bits per heavy atom. The highest BCUT2D eigenvalue weighted by Gasteiger charge is 2.56. The first-order valence-corrected chi connectivity index (χ1v) is 15.8. The Kier molecular flexibility index (Phi) is 8.90. The van der Waals surface area contributed by atoms with Crippen molar-refractivity contribution in [3.63, 3.8) is 0 Å². The lowest BCUT2D eigenvalue weighted by Crippen LogP contribution is -2.58. The third-order valence-electron chi connectivity index (χ3n) is 8.32. The van der Waals surface area contributed by atoms with Crippen LogP contribution in [0.4, 0.5) is 28.4 Å². The van der Waals surface area contributed by atoms with E-state index in [0.29, 0.717) is 57.3 Å². The van der Waals surface area contributed by atoms with Crippen molar-refractivity contribution in [3.8, 4) is 23.2 Å². The molecule has 0 amide bonds. The maximum Gasteiger partial charge on any atom is 0.318 e. The molecule has 46 heavy (non-hydrogen) atoms. The largest absolute Gasteiger partial charge is 0.467 e. The lowest BCUT2D eigenvalue weighted by atomic mass is 9.97. The van der Waals surface area contributed by atoms with Crippen molar-refractivity contribution in [2.45, 2.75) is 31.2 Å². The third-order valence-corrected chi connectivity index (χ3v) is 9.64. The molecule has 3 fully saturated rings. The fraction of sp³-hybridized carbons (Fsp3) is 0.452. The molecule has 0 spiro atoms. The van der Waals surface area contributed by atoms with E-state index in [1.54, 1.807) is 6.07 Å². The molecular weight excluding hydrogens is 648 g/mol. The van der Waals surface area contributed by atoms with Crippen LogP contribution >= 0.6 is 22.9 Å². The van der Waals surface area contributed by atoms with Gasteiger partial charge in [0.25, 0.3) is 5.92 Å². The van der Waals surface area contributed by atoms with Gasteiger partial charge in [-0.15, -0.1) is 11.3 Å². The molecule has 2 aromatic heterocycles. The molecule has 3 N–H and O–H groups in total. The van der Waals surface area contributed by atoms with Gasteiger partial charge in [0.1, 0.15) is 28.2 Å². The van der Waals surface area contributed by atoms with Gasteiger partial charge in [0.15, 0.2) is 5.82 Å². The minimum absolute atomic E-state index is 0.000584. The summed E-state index contributed by atoms with van der Waals surface area (Å²) in [5.41, 5.74) is 6.25. The predicted molar refractivity (Wildman–Crippen MR) is 169 cm³/mol. The normalized spacial score (nSPS) is 20.0. The second-order valence-electron chi connectivity index (χ2n) is 11.8. The summed E-state index contributed by atoms with van der Waals surface area (Å²) in [5.74, 6) is -3.62. The number of anilines is 2. The van der Waals surface area contributed by atoms with Crippen LogP contribution in [0.3, 0.4) is 0 Å². The lowest BCUT2D eigenvalue weighted by Gasteiger charge is -2.39. The highest BCUT2D eigenvalue weighted by atomic mass is 35.5. The van der Waals surface area contributed by atoms with Gasteiger partial charge in [-0.05, 0) is 31.0 Å². The Balaban J connectivity index is 0.000000259. The molecule has 4 aromatic rings. The number of fused-ring (bicyclic) bond motifs is 2. The Morgan fingerprint density at radius 1 is 1.22 bits per heavy atom. The van der Waals surface area contributed by atoms with E-state index in [2.05, 4.69) is 15.3 Å².